The minimum atomic E-state index is -3.63. The second-order valence-corrected chi connectivity index (χ2v) is 55.0. The van der Waals surface area contributed by atoms with Gasteiger partial charge in [0.1, 0.15) is 0 Å². The first-order valence-electron chi connectivity index (χ1n) is 11.5. The molecule has 0 bridgehead atoms. The summed E-state index contributed by atoms with van der Waals surface area (Å²) in [5.41, 5.74) is 5.72. The third kappa shape index (κ3) is 4.83. The van der Waals surface area contributed by atoms with E-state index in [1.165, 1.54) is 47.9 Å². The van der Waals surface area contributed by atoms with Gasteiger partial charge in [0.05, 0.1) is 0 Å². The Morgan fingerprint density at radius 3 is 1.60 bits per heavy atom. The average Bonchev–Trinajstić information content (AvgIpc) is 3.33. The maximum atomic E-state index is 7.50. The van der Waals surface area contributed by atoms with Gasteiger partial charge in [-0.1, -0.05) is 0 Å². The van der Waals surface area contributed by atoms with E-state index in [1.54, 1.807) is 0 Å². The molecule has 0 saturated heterocycles. The molecule has 2 aromatic carbocycles. The second kappa shape index (κ2) is 9.22. The summed E-state index contributed by atoms with van der Waals surface area (Å²) in [5, 5.41) is 0. The molecule has 2 atom stereocenters. The molecule has 4 rings (SSSR count). The molecule has 0 aliphatic heterocycles. The number of hydrogen-bond donors (Lipinski definition) is 0. The van der Waals surface area contributed by atoms with Crippen molar-refractivity contribution in [3.63, 3.8) is 0 Å². The van der Waals surface area contributed by atoms with Crippen molar-refractivity contribution in [1.29, 1.82) is 0 Å². The fourth-order valence-electron chi connectivity index (χ4n) is 5.22. The number of hydrogen-bond acceptors (Lipinski definition) is 0. The van der Waals surface area contributed by atoms with E-state index in [1.807, 2.05) is 0 Å². The van der Waals surface area contributed by atoms with Crippen molar-refractivity contribution in [2.45, 2.75) is 58.9 Å². The summed E-state index contributed by atoms with van der Waals surface area (Å²) in [4.78, 5) is 0. The molecule has 2 unspecified atom stereocenters. The molecule has 0 fully saturated rings. The summed E-state index contributed by atoms with van der Waals surface area (Å²) in [6, 6.07) is 17.6. The number of fused-ring (bicyclic) bond motifs is 2. The first kappa shape index (κ1) is 22.8. The first-order valence-corrected chi connectivity index (χ1v) is 28.4. The quantitative estimate of drug-likeness (QED) is 0.281. The van der Waals surface area contributed by atoms with E-state index in [0.29, 0.717) is 11.8 Å². The normalized spacial score (nSPS) is 20.9. The predicted molar refractivity (Wildman–Crippen MR) is 135 cm³/mol. The molecule has 30 heavy (non-hydrogen) atoms. The van der Waals surface area contributed by atoms with Gasteiger partial charge in [0.2, 0.25) is 0 Å². The summed E-state index contributed by atoms with van der Waals surface area (Å²) in [6.45, 7) is 4.81. The van der Waals surface area contributed by atoms with Crippen LogP contribution in [0, 0.1) is 0 Å². The van der Waals surface area contributed by atoms with Gasteiger partial charge in [0, 0.05) is 0 Å². The summed E-state index contributed by atoms with van der Waals surface area (Å²) in [6.07, 6.45) is 14.0. The molecule has 0 spiro atoms. The molecule has 2 aromatic rings. The molecule has 0 nitrogen and oxygen atoms in total. The Morgan fingerprint density at radius 1 is 0.733 bits per heavy atom. The van der Waals surface area contributed by atoms with E-state index in [4.69, 9.17) is 17.0 Å². The topological polar surface area (TPSA) is 0 Å². The molecule has 4 heteroatoms. The zero-order valence-corrected chi connectivity index (χ0v) is 23.3. The summed E-state index contributed by atoms with van der Waals surface area (Å²) in [7, 11) is 15.0. The van der Waals surface area contributed by atoms with E-state index in [2.05, 4.69) is 85.9 Å². The molecule has 2 aliphatic carbocycles. The van der Waals surface area contributed by atoms with Gasteiger partial charge in [-0.3, -0.25) is 0 Å². The molecule has 0 heterocycles. The van der Waals surface area contributed by atoms with Crippen molar-refractivity contribution in [1.82, 2.24) is 0 Å². The van der Waals surface area contributed by atoms with Crippen LogP contribution in [0.2, 0.25) is 21.4 Å². The van der Waals surface area contributed by atoms with Gasteiger partial charge in [0.15, 0.2) is 0 Å². The van der Waals surface area contributed by atoms with Gasteiger partial charge in [-0.25, -0.2) is 0 Å². The van der Waals surface area contributed by atoms with Crippen molar-refractivity contribution in [2.75, 3.05) is 0 Å². The summed E-state index contributed by atoms with van der Waals surface area (Å²) in [5.74, 6) is 0.0119. The molecule has 0 aromatic heterocycles. The van der Waals surface area contributed by atoms with Crippen LogP contribution in [-0.2, 0) is 15.6 Å². The monoisotopic (exact) mass is 533 g/mol. The number of rotatable bonds is 9. The van der Waals surface area contributed by atoms with Crippen LogP contribution >= 0.6 is 17.0 Å². The minimum absolute atomic E-state index is 0.544. The number of halogens is 2. The molecule has 0 saturated carbocycles. The van der Waals surface area contributed by atoms with Crippen molar-refractivity contribution in [3.8, 4) is 0 Å². The van der Waals surface area contributed by atoms with Crippen LogP contribution in [0.4, 0.5) is 0 Å². The van der Waals surface area contributed by atoms with Crippen LogP contribution in [0.1, 0.15) is 59.8 Å². The SMILES string of the molecule is C[SiH](C)[Zr]([Cl])([Cl])([CH2]CCC1C=Cc2ccccc21)[CH2]CCC1C=Cc2ccccc21. The fraction of sp³-hybridized carbons (Fsp3) is 0.385. The van der Waals surface area contributed by atoms with Gasteiger partial charge in [-0.15, -0.1) is 0 Å². The third-order valence-electron chi connectivity index (χ3n) is 7.46. The van der Waals surface area contributed by atoms with Gasteiger partial charge >= 0.3 is 192 Å². The van der Waals surface area contributed by atoms with Crippen molar-refractivity contribution in [2.24, 2.45) is 0 Å². The van der Waals surface area contributed by atoms with E-state index in [9.17, 15) is 0 Å². The van der Waals surface area contributed by atoms with Crippen LogP contribution < -0.4 is 0 Å². The zero-order valence-electron chi connectivity index (χ0n) is 18.2. The van der Waals surface area contributed by atoms with Crippen LogP contribution in [0.15, 0.2) is 60.7 Å². The van der Waals surface area contributed by atoms with E-state index >= 15 is 0 Å². The Labute approximate surface area is 191 Å². The molecule has 0 radical (unpaired) electrons. The Morgan fingerprint density at radius 2 is 1.17 bits per heavy atom. The summed E-state index contributed by atoms with van der Waals surface area (Å²) >= 11 is -3.63. The van der Waals surface area contributed by atoms with Crippen LogP contribution in [0.25, 0.3) is 12.2 Å². The average molecular weight is 536 g/mol. The van der Waals surface area contributed by atoms with Crippen LogP contribution in [0.3, 0.4) is 0 Å². The standard InChI is InChI=1S/2C12H13.C2H7Si.2ClH.Zr/c2*1-2-5-10-8-9-11-6-3-4-7-12(10)11;1-3-2;;;/h2*3-4,6-10H,1-2,5H2;3H,1-2H3;2*1H;/q;;;;;+2/p-2. The number of allylic oxidation sites excluding steroid dienone is 2. The van der Waals surface area contributed by atoms with Crippen molar-refractivity contribution < 1.29 is 15.6 Å². The number of benzene rings is 2. The third-order valence-corrected chi connectivity index (χ3v) is 58.6. The molecular weight excluding hydrogens is 503 g/mol. The second-order valence-electron chi connectivity index (χ2n) is 9.61. The van der Waals surface area contributed by atoms with Gasteiger partial charge < -0.3 is 0 Å². The zero-order chi connectivity index (χ0) is 21.2. The maximum absolute atomic E-state index is 7.50. The summed E-state index contributed by atoms with van der Waals surface area (Å²) < 4.78 is 2.22. The van der Waals surface area contributed by atoms with Gasteiger partial charge in [0.25, 0.3) is 0 Å². The molecule has 0 N–H and O–H groups in total. The van der Waals surface area contributed by atoms with Crippen LogP contribution in [0.5, 0.6) is 0 Å². The fourth-order valence-corrected chi connectivity index (χ4v) is 25.6. The van der Waals surface area contributed by atoms with Gasteiger partial charge in [-0.2, -0.15) is 0 Å². The Kier molecular flexibility index (Phi) is 7.00. The molecule has 159 valence electrons. The Bertz CT molecular complexity index is 892. The molecular formula is C26H33Cl2SiZr. The first-order chi connectivity index (χ1) is 14.4. The Balaban J connectivity index is 1.33. The predicted octanol–water partition coefficient (Wildman–Crippen LogP) is 8.99. The van der Waals surface area contributed by atoms with E-state index < -0.39 is 21.5 Å². The molecule has 0 amide bonds. The molecule has 2 aliphatic rings. The van der Waals surface area contributed by atoms with Crippen molar-refractivity contribution in [3.05, 3.63) is 82.9 Å². The van der Waals surface area contributed by atoms with E-state index in [-0.39, 0.29) is 0 Å². The van der Waals surface area contributed by atoms with Gasteiger partial charge in [-0.05, 0) is 0 Å². The van der Waals surface area contributed by atoms with Crippen LogP contribution in [-0.4, -0.2) is 5.92 Å². The van der Waals surface area contributed by atoms with Crippen molar-refractivity contribution >= 4 is 35.1 Å². The van der Waals surface area contributed by atoms with E-state index in [0.717, 1.165) is 8.26 Å². The Hall–Kier alpha value is -0.400.